The highest BCUT2D eigenvalue weighted by Crippen LogP contribution is 2.29. The number of rotatable bonds is 1. The monoisotopic (exact) mass is 227 g/mol. The zero-order valence-corrected chi connectivity index (χ0v) is 9.24. The number of fused-ring (bicyclic) bond motifs is 1. The number of nitrogen functional groups attached to an aromatic ring is 1. The van der Waals surface area contributed by atoms with Crippen molar-refractivity contribution in [3.05, 3.63) is 42.6 Å². The van der Waals surface area contributed by atoms with Crippen LogP contribution in [0.5, 0.6) is 0 Å². The molecule has 1 aromatic carbocycles. The SMILES string of the molecule is Nc1cccc(-c2nc3ncccc3s2)c1. The summed E-state index contributed by atoms with van der Waals surface area (Å²) in [6.45, 7) is 0. The summed E-state index contributed by atoms with van der Waals surface area (Å²) < 4.78 is 1.10. The van der Waals surface area contributed by atoms with Crippen LogP contribution in [0.4, 0.5) is 5.69 Å². The lowest BCUT2D eigenvalue weighted by molar-refractivity contribution is 1.33. The van der Waals surface area contributed by atoms with Crippen LogP contribution < -0.4 is 5.73 Å². The second-order valence-electron chi connectivity index (χ2n) is 3.47. The standard InChI is InChI=1S/C12H9N3S/c13-9-4-1-3-8(7-9)12-15-11-10(16-12)5-2-6-14-11/h1-7H,13H2. The van der Waals surface area contributed by atoms with Crippen LogP contribution >= 0.6 is 11.3 Å². The summed E-state index contributed by atoms with van der Waals surface area (Å²) in [5.74, 6) is 0. The van der Waals surface area contributed by atoms with Crippen molar-refractivity contribution < 1.29 is 0 Å². The second kappa shape index (κ2) is 3.57. The normalized spacial score (nSPS) is 10.8. The molecule has 2 N–H and O–H groups in total. The van der Waals surface area contributed by atoms with Gasteiger partial charge in [-0.15, -0.1) is 11.3 Å². The van der Waals surface area contributed by atoms with Gasteiger partial charge in [-0.1, -0.05) is 12.1 Å². The number of benzene rings is 1. The van der Waals surface area contributed by atoms with Gasteiger partial charge in [0.1, 0.15) is 5.01 Å². The van der Waals surface area contributed by atoms with Gasteiger partial charge < -0.3 is 5.73 Å². The van der Waals surface area contributed by atoms with E-state index in [1.165, 1.54) is 0 Å². The molecule has 0 aliphatic heterocycles. The van der Waals surface area contributed by atoms with Crippen LogP contribution in [0.2, 0.25) is 0 Å². The van der Waals surface area contributed by atoms with Crippen LogP contribution in [0.15, 0.2) is 42.6 Å². The molecule has 3 nitrogen and oxygen atoms in total. The van der Waals surface area contributed by atoms with Gasteiger partial charge in [-0.3, -0.25) is 0 Å². The smallest absolute Gasteiger partial charge is 0.170 e. The lowest BCUT2D eigenvalue weighted by Crippen LogP contribution is -1.84. The van der Waals surface area contributed by atoms with Crippen molar-refractivity contribution in [2.75, 3.05) is 5.73 Å². The van der Waals surface area contributed by atoms with Crippen molar-refractivity contribution in [3.63, 3.8) is 0 Å². The van der Waals surface area contributed by atoms with Crippen LogP contribution in [-0.4, -0.2) is 9.97 Å². The zero-order valence-electron chi connectivity index (χ0n) is 8.42. The van der Waals surface area contributed by atoms with Gasteiger partial charge in [0, 0.05) is 17.4 Å². The third-order valence-electron chi connectivity index (χ3n) is 2.30. The Morgan fingerprint density at radius 1 is 1.12 bits per heavy atom. The minimum atomic E-state index is 0.754. The average Bonchev–Trinajstić information content (AvgIpc) is 2.72. The zero-order chi connectivity index (χ0) is 11.0. The topological polar surface area (TPSA) is 51.8 Å². The average molecular weight is 227 g/mol. The van der Waals surface area contributed by atoms with E-state index in [2.05, 4.69) is 9.97 Å². The number of nitrogens with two attached hydrogens (primary N) is 1. The molecular weight excluding hydrogens is 218 g/mol. The Bertz CT molecular complexity index is 612. The van der Waals surface area contributed by atoms with Crippen LogP contribution in [0.3, 0.4) is 0 Å². The number of pyridine rings is 1. The van der Waals surface area contributed by atoms with Crippen molar-refractivity contribution in [2.24, 2.45) is 0 Å². The van der Waals surface area contributed by atoms with E-state index in [-0.39, 0.29) is 0 Å². The highest BCUT2D eigenvalue weighted by molar-refractivity contribution is 7.21. The molecule has 0 amide bonds. The molecule has 0 saturated heterocycles. The summed E-state index contributed by atoms with van der Waals surface area (Å²) in [4.78, 5) is 8.69. The molecule has 0 saturated carbocycles. The Morgan fingerprint density at radius 2 is 2.06 bits per heavy atom. The molecule has 3 rings (SSSR count). The summed E-state index contributed by atoms with van der Waals surface area (Å²) >= 11 is 1.63. The number of thiazole rings is 1. The van der Waals surface area contributed by atoms with Gasteiger partial charge in [-0.2, -0.15) is 0 Å². The van der Waals surface area contributed by atoms with E-state index in [0.717, 1.165) is 26.6 Å². The lowest BCUT2D eigenvalue weighted by Gasteiger charge is -1.96. The summed E-state index contributed by atoms with van der Waals surface area (Å²) in [7, 11) is 0. The van der Waals surface area contributed by atoms with Gasteiger partial charge in [0.25, 0.3) is 0 Å². The van der Waals surface area contributed by atoms with Gasteiger partial charge in [0.2, 0.25) is 0 Å². The highest BCUT2D eigenvalue weighted by Gasteiger charge is 2.06. The largest absolute Gasteiger partial charge is 0.399 e. The van der Waals surface area contributed by atoms with Gasteiger partial charge in [0.05, 0.1) is 4.70 Å². The second-order valence-corrected chi connectivity index (χ2v) is 4.50. The Hall–Kier alpha value is -1.94. The van der Waals surface area contributed by atoms with E-state index in [1.807, 2.05) is 36.4 Å². The first-order valence-electron chi connectivity index (χ1n) is 4.90. The maximum absolute atomic E-state index is 5.75. The maximum atomic E-state index is 5.75. The summed E-state index contributed by atoms with van der Waals surface area (Å²) in [5, 5.41) is 0.959. The minimum absolute atomic E-state index is 0.754. The summed E-state index contributed by atoms with van der Waals surface area (Å²) in [5.41, 5.74) is 8.35. The van der Waals surface area contributed by atoms with Crippen LogP contribution in [0.25, 0.3) is 20.9 Å². The van der Waals surface area contributed by atoms with Gasteiger partial charge in [-0.25, -0.2) is 9.97 Å². The fourth-order valence-corrected chi connectivity index (χ4v) is 2.49. The molecule has 0 spiro atoms. The lowest BCUT2D eigenvalue weighted by atomic mass is 10.2. The van der Waals surface area contributed by atoms with E-state index in [1.54, 1.807) is 17.5 Å². The Morgan fingerprint density at radius 3 is 2.88 bits per heavy atom. The van der Waals surface area contributed by atoms with Gasteiger partial charge in [-0.05, 0) is 24.3 Å². The first kappa shape index (κ1) is 9.30. The molecular formula is C12H9N3S. The van der Waals surface area contributed by atoms with Gasteiger partial charge in [0.15, 0.2) is 5.65 Å². The number of anilines is 1. The summed E-state index contributed by atoms with van der Waals surface area (Å²) in [6.07, 6.45) is 1.76. The molecule has 16 heavy (non-hydrogen) atoms. The minimum Gasteiger partial charge on any atom is -0.399 e. The molecule has 3 aromatic rings. The van der Waals surface area contributed by atoms with Crippen molar-refractivity contribution in [1.29, 1.82) is 0 Å². The Labute approximate surface area is 96.6 Å². The number of aromatic nitrogens is 2. The molecule has 0 radical (unpaired) electrons. The molecule has 2 aromatic heterocycles. The first-order chi connectivity index (χ1) is 7.83. The first-order valence-corrected chi connectivity index (χ1v) is 5.72. The predicted octanol–water partition coefficient (Wildman–Crippen LogP) is 2.94. The summed E-state index contributed by atoms with van der Waals surface area (Å²) in [6, 6.07) is 11.7. The van der Waals surface area contributed by atoms with Crippen molar-refractivity contribution >= 4 is 27.4 Å². The number of nitrogens with zero attached hydrogens (tertiary/aromatic N) is 2. The molecule has 0 unspecified atom stereocenters. The molecule has 4 heteroatoms. The van der Waals surface area contributed by atoms with Crippen molar-refractivity contribution in [2.45, 2.75) is 0 Å². The third-order valence-corrected chi connectivity index (χ3v) is 3.36. The Balaban J connectivity index is 2.19. The Kier molecular flexibility index (Phi) is 2.08. The molecule has 2 heterocycles. The van der Waals surface area contributed by atoms with Crippen LogP contribution in [0, 0.1) is 0 Å². The fourth-order valence-electron chi connectivity index (χ4n) is 1.56. The molecule has 78 valence electrons. The van der Waals surface area contributed by atoms with Crippen molar-refractivity contribution in [3.8, 4) is 10.6 Å². The fraction of sp³-hybridized carbons (Fsp3) is 0. The number of hydrogen-bond donors (Lipinski definition) is 1. The molecule has 0 aliphatic rings. The van der Waals surface area contributed by atoms with E-state index in [4.69, 9.17) is 5.73 Å². The van der Waals surface area contributed by atoms with E-state index >= 15 is 0 Å². The molecule has 0 atom stereocenters. The van der Waals surface area contributed by atoms with E-state index in [0.29, 0.717) is 0 Å². The van der Waals surface area contributed by atoms with Crippen LogP contribution in [0.1, 0.15) is 0 Å². The highest BCUT2D eigenvalue weighted by atomic mass is 32.1. The van der Waals surface area contributed by atoms with E-state index in [9.17, 15) is 0 Å². The molecule has 0 fully saturated rings. The quantitative estimate of drug-likeness (QED) is 0.650. The maximum Gasteiger partial charge on any atom is 0.170 e. The molecule has 0 bridgehead atoms. The molecule has 0 aliphatic carbocycles. The van der Waals surface area contributed by atoms with Gasteiger partial charge >= 0.3 is 0 Å². The number of hydrogen-bond acceptors (Lipinski definition) is 4. The van der Waals surface area contributed by atoms with E-state index < -0.39 is 0 Å². The third kappa shape index (κ3) is 1.53. The van der Waals surface area contributed by atoms with Crippen LogP contribution in [-0.2, 0) is 0 Å². The predicted molar refractivity (Wildman–Crippen MR) is 67.3 cm³/mol. The van der Waals surface area contributed by atoms with Crippen molar-refractivity contribution in [1.82, 2.24) is 9.97 Å².